The lowest BCUT2D eigenvalue weighted by Gasteiger charge is -2.17. The molecule has 1 aromatic heterocycles. The highest BCUT2D eigenvalue weighted by atomic mass is 16.7. The van der Waals surface area contributed by atoms with Crippen molar-refractivity contribution in [3.8, 4) is 39.5 Å². The molecule has 3 aromatic rings. The Bertz CT molecular complexity index is 1280. The van der Waals surface area contributed by atoms with Gasteiger partial charge in [0.1, 0.15) is 22.7 Å². The highest BCUT2D eigenvalue weighted by Crippen LogP contribution is 2.45. The van der Waals surface area contributed by atoms with E-state index in [1.807, 2.05) is 0 Å². The smallest absolute Gasteiger partial charge is 0.342 e. The predicted octanol–water partition coefficient (Wildman–Crippen LogP) is 2.42. The van der Waals surface area contributed by atoms with E-state index in [1.54, 1.807) is 30.3 Å². The first-order chi connectivity index (χ1) is 14.8. The second kappa shape index (κ2) is 7.41. The number of carboxylic acids is 2. The summed E-state index contributed by atoms with van der Waals surface area (Å²) in [5.41, 5.74) is 4.28. The lowest BCUT2D eigenvalue weighted by molar-refractivity contribution is 0.0695. The van der Waals surface area contributed by atoms with Gasteiger partial charge in [-0.1, -0.05) is 12.1 Å². The molecule has 2 aromatic carbocycles. The van der Waals surface area contributed by atoms with E-state index in [0.717, 1.165) is 0 Å². The Labute approximate surface area is 174 Å². The topological polar surface area (TPSA) is 161 Å². The monoisotopic (exact) mass is 424 g/mol. The number of nitrogens with one attached hydrogen (secondary N) is 1. The van der Waals surface area contributed by atoms with Crippen molar-refractivity contribution in [2.75, 3.05) is 19.6 Å². The molecule has 31 heavy (non-hydrogen) atoms. The highest BCUT2D eigenvalue weighted by molar-refractivity contribution is 6.09. The summed E-state index contributed by atoms with van der Waals surface area (Å²) in [7, 11) is 1.51. The van der Waals surface area contributed by atoms with Crippen LogP contribution < -0.4 is 25.5 Å². The number of anilines is 1. The molecule has 4 rings (SSSR count). The van der Waals surface area contributed by atoms with E-state index in [1.165, 1.54) is 13.2 Å². The molecule has 0 spiro atoms. The van der Waals surface area contributed by atoms with Crippen molar-refractivity contribution < 1.29 is 34.0 Å². The molecular weight excluding hydrogens is 408 g/mol. The molecule has 0 aliphatic carbocycles. The molecule has 0 radical (unpaired) electrons. The van der Waals surface area contributed by atoms with Gasteiger partial charge in [0.2, 0.25) is 6.79 Å². The molecule has 10 heteroatoms. The number of aromatic amines is 1. The van der Waals surface area contributed by atoms with Crippen LogP contribution >= 0.6 is 0 Å². The minimum absolute atomic E-state index is 0.0596. The van der Waals surface area contributed by atoms with Crippen molar-refractivity contribution in [3.05, 3.63) is 57.9 Å². The summed E-state index contributed by atoms with van der Waals surface area (Å²) in [6.07, 6.45) is 0. The van der Waals surface area contributed by atoms with Crippen LogP contribution in [-0.4, -0.2) is 41.0 Å². The van der Waals surface area contributed by atoms with Crippen LogP contribution in [0.15, 0.2) is 41.2 Å². The van der Waals surface area contributed by atoms with Gasteiger partial charge in [-0.2, -0.15) is 0 Å². The van der Waals surface area contributed by atoms with Crippen molar-refractivity contribution in [2.45, 2.75) is 0 Å². The zero-order valence-corrected chi connectivity index (χ0v) is 16.1. The Kier molecular flexibility index (Phi) is 4.74. The van der Waals surface area contributed by atoms with Gasteiger partial charge in [-0.3, -0.25) is 4.79 Å². The molecule has 1 aliphatic heterocycles. The van der Waals surface area contributed by atoms with Gasteiger partial charge in [-0.15, -0.1) is 0 Å². The number of fused-ring (bicyclic) bond motifs is 1. The van der Waals surface area contributed by atoms with Gasteiger partial charge in [0.25, 0.3) is 5.56 Å². The quantitative estimate of drug-likeness (QED) is 0.482. The molecule has 0 bridgehead atoms. The van der Waals surface area contributed by atoms with Crippen LogP contribution in [0.2, 0.25) is 0 Å². The maximum Gasteiger partial charge on any atom is 0.342 e. The van der Waals surface area contributed by atoms with Gasteiger partial charge in [0.05, 0.1) is 7.11 Å². The molecule has 5 N–H and O–H groups in total. The number of nitrogen functional groups attached to an aromatic ring is 1. The summed E-state index contributed by atoms with van der Waals surface area (Å²) in [6, 6.07) is 9.82. The summed E-state index contributed by atoms with van der Waals surface area (Å²) < 4.78 is 16.0. The van der Waals surface area contributed by atoms with Crippen LogP contribution in [0.25, 0.3) is 22.3 Å². The third-order valence-corrected chi connectivity index (χ3v) is 4.86. The number of hydrogen-bond donors (Lipinski definition) is 4. The van der Waals surface area contributed by atoms with Crippen molar-refractivity contribution >= 4 is 17.8 Å². The Balaban J connectivity index is 2.13. The first kappa shape index (κ1) is 19.8. The number of H-pyrrole nitrogens is 1. The number of ether oxygens (including phenoxy) is 3. The number of hydrogen-bond acceptors (Lipinski definition) is 7. The van der Waals surface area contributed by atoms with E-state index >= 15 is 0 Å². The molecule has 0 saturated carbocycles. The number of methoxy groups -OCH3 is 1. The fourth-order valence-electron chi connectivity index (χ4n) is 3.47. The average molecular weight is 424 g/mol. The molecular formula is C21H16N2O8. The zero-order valence-electron chi connectivity index (χ0n) is 16.1. The highest BCUT2D eigenvalue weighted by Gasteiger charge is 2.30. The SMILES string of the molecule is COc1ccc(-c2cc3c(cc2-c2c(C(=O)O)c(N)[nH]c(=O)c2C(=O)O)OCO3)cc1. The van der Waals surface area contributed by atoms with Gasteiger partial charge in [-0.05, 0) is 41.0 Å². The van der Waals surface area contributed by atoms with Gasteiger partial charge in [0.15, 0.2) is 11.5 Å². The Morgan fingerprint density at radius 1 is 1.00 bits per heavy atom. The van der Waals surface area contributed by atoms with Gasteiger partial charge >= 0.3 is 11.9 Å². The number of aromatic nitrogens is 1. The van der Waals surface area contributed by atoms with E-state index in [9.17, 15) is 24.6 Å². The molecule has 0 saturated heterocycles. The van der Waals surface area contributed by atoms with E-state index in [4.69, 9.17) is 19.9 Å². The Morgan fingerprint density at radius 2 is 1.58 bits per heavy atom. The predicted molar refractivity (Wildman–Crippen MR) is 109 cm³/mol. The Morgan fingerprint density at radius 3 is 2.13 bits per heavy atom. The lowest BCUT2D eigenvalue weighted by atomic mass is 9.88. The second-order valence-electron chi connectivity index (χ2n) is 6.58. The summed E-state index contributed by atoms with van der Waals surface area (Å²) >= 11 is 0. The number of carbonyl (C=O) groups is 2. The van der Waals surface area contributed by atoms with E-state index in [-0.39, 0.29) is 23.7 Å². The van der Waals surface area contributed by atoms with Crippen LogP contribution in [-0.2, 0) is 0 Å². The first-order valence-corrected chi connectivity index (χ1v) is 8.92. The van der Waals surface area contributed by atoms with Crippen LogP contribution in [0, 0.1) is 0 Å². The fourth-order valence-corrected chi connectivity index (χ4v) is 3.47. The maximum absolute atomic E-state index is 12.4. The number of nitrogens with two attached hydrogens (primary N) is 1. The second-order valence-corrected chi connectivity index (χ2v) is 6.58. The molecule has 0 amide bonds. The zero-order chi connectivity index (χ0) is 22.3. The summed E-state index contributed by atoms with van der Waals surface area (Å²) in [4.78, 5) is 38.5. The summed E-state index contributed by atoms with van der Waals surface area (Å²) in [5, 5.41) is 19.5. The van der Waals surface area contributed by atoms with Crippen LogP contribution in [0.1, 0.15) is 20.7 Å². The molecule has 0 fully saturated rings. The third-order valence-electron chi connectivity index (χ3n) is 4.86. The van der Waals surface area contributed by atoms with E-state index in [2.05, 4.69) is 4.98 Å². The molecule has 1 aliphatic rings. The normalized spacial score (nSPS) is 11.9. The minimum Gasteiger partial charge on any atom is -0.497 e. The first-order valence-electron chi connectivity index (χ1n) is 8.92. The number of aromatic carboxylic acids is 2. The number of rotatable bonds is 5. The van der Waals surface area contributed by atoms with Crippen LogP contribution in [0.4, 0.5) is 5.82 Å². The molecule has 0 unspecified atom stereocenters. The summed E-state index contributed by atoms with van der Waals surface area (Å²) in [6.45, 7) is -0.0596. The largest absolute Gasteiger partial charge is 0.497 e. The number of pyridine rings is 1. The molecule has 10 nitrogen and oxygen atoms in total. The fraction of sp³-hybridized carbons (Fsp3) is 0.0952. The van der Waals surface area contributed by atoms with Crippen molar-refractivity contribution in [1.82, 2.24) is 4.98 Å². The molecule has 0 atom stereocenters. The van der Waals surface area contributed by atoms with Gasteiger partial charge in [0, 0.05) is 5.56 Å². The molecule has 158 valence electrons. The van der Waals surface area contributed by atoms with Gasteiger partial charge in [-0.25, -0.2) is 9.59 Å². The summed E-state index contributed by atoms with van der Waals surface area (Å²) in [5.74, 6) is -2.30. The minimum atomic E-state index is -1.60. The van der Waals surface area contributed by atoms with E-state index < -0.39 is 34.4 Å². The average Bonchev–Trinajstić information content (AvgIpc) is 3.19. The van der Waals surface area contributed by atoms with Gasteiger partial charge < -0.3 is 35.1 Å². The van der Waals surface area contributed by atoms with E-state index in [0.29, 0.717) is 22.6 Å². The number of carboxylic acid groups (broad SMARTS) is 2. The third kappa shape index (κ3) is 3.29. The van der Waals surface area contributed by atoms with Crippen LogP contribution in [0.3, 0.4) is 0 Å². The maximum atomic E-state index is 12.4. The number of benzene rings is 2. The van der Waals surface area contributed by atoms with Crippen LogP contribution in [0.5, 0.6) is 17.2 Å². The lowest BCUT2D eigenvalue weighted by Crippen LogP contribution is -2.24. The molecule has 2 heterocycles. The Hall–Kier alpha value is -4.47. The van der Waals surface area contributed by atoms with Crippen molar-refractivity contribution in [3.63, 3.8) is 0 Å². The van der Waals surface area contributed by atoms with Crippen molar-refractivity contribution in [2.24, 2.45) is 0 Å². The standard InChI is InChI=1S/C21H16N2O8/c1-29-10-4-2-9(3-5-10)11-6-13-14(31-8-30-13)7-12(11)15-16(20(25)26)18(22)23-19(24)17(15)21(27)28/h2-7H,8H2,1H3,(H,25,26)(H,27,28)(H3,22,23,24). The van der Waals surface area contributed by atoms with Crippen molar-refractivity contribution in [1.29, 1.82) is 0 Å².